The average Bonchev–Trinajstić information content (AvgIpc) is 3.16. The third-order valence-corrected chi connectivity index (χ3v) is 6.06. The lowest BCUT2D eigenvalue weighted by atomic mass is 10.1. The fourth-order valence-corrected chi connectivity index (χ4v) is 4.75. The maximum Gasteiger partial charge on any atom is 0.223 e. The molecule has 1 aliphatic heterocycles. The predicted octanol–water partition coefficient (Wildman–Crippen LogP) is -0.529. The molecule has 2 aliphatic rings. The van der Waals surface area contributed by atoms with E-state index in [0.717, 1.165) is 12.8 Å². The van der Waals surface area contributed by atoms with Gasteiger partial charge in [-0.2, -0.15) is 5.10 Å². The van der Waals surface area contributed by atoms with Crippen molar-refractivity contribution in [1.29, 1.82) is 0 Å². The molecule has 1 aliphatic carbocycles. The van der Waals surface area contributed by atoms with Gasteiger partial charge in [0, 0.05) is 31.3 Å². The highest BCUT2D eigenvalue weighted by atomic mass is 32.2. The van der Waals surface area contributed by atoms with E-state index < -0.39 is 21.9 Å². The molecule has 0 aromatic carbocycles. The van der Waals surface area contributed by atoms with Crippen LogP contribution in [0.3, 0.4) is 0 Å². The van der Waals surface area contributed by atoms with Crippen LogP contribution in [0, 0.1) is 5.92 Å². The van der Waals surface area contributed by atoms with Gasteiger partial charge in [0.05, 0.1) is 23.6 Å². The van der Waals surface area contributed by atoms with Crippen LogP contribution in [0.15, 0.2) is 18.5 Å². The monoisotopic (exact) mass is 354 g/mol. The quantitative estimate of drug-likeness (QED) is 0.684. The molecule has 2 fully saturated rings. The van der Waals surface area contributed by atoms with Crippen LogP contribution in [-0.4, -0.2) is 53.6 Å². The Kier molecular flexibility index (Phi) is 4.88. The number of sulfone groups is 1. The Labute approximate surface area is 140 Å². The fourth-order valence-electron chi connectivity index (χ4n) is 2.89. The molecule has 1 aromatic rings. The Bertz CT molecular complexity index is 697. The normalized spacial score (nSPS) is 25.3. The van der Waals surface area contributed by atoms with Crippen molar-refractivity contribution in [1.82, 2.24) is 20.4 Å². The fraction of sp³-hybridized carbons (Fsp3) is 0.667. The molecule has 132 valence electrons. The number of nitrogens with zero attached hydrogens (tertiary/aromatic N) is 2. The molecule has 8 nitrogen and oxygen atoms in total. The number of carbonyl (C=O) groups is 2. The van der Waals surface area contributed by atoms with E-state index in [1.54, 1.807) is 10.9 Å². The zero-order valence-corrected chi connectivity index (χ0v) is 14.2. The molecular formula is C15H22N4O4S. The maximum absolute atomic E-state index is 12.1. The van der Waals surface area contributed by atoms with Crippen LogP contribution in [0.25, 0.3) is 0 Å². The zero-order chi connectivity index (χ0) is 17.2. The first-order valence-corrected chi connectivity index (χ1v) is 10.0. The van der Waals surface area contributed by atoms with Gasteiger partial charge in [-0.05, 0) is 25.3 Å². The Balaban J connectivity index is 1.49. The van der Waals surface area contributed by atoms with Gasteiger partial charge in [0.2, 0.25) is 11.8 Å². The average molecular weight is 354 g/mol. The van der Waals surface area contributed by atoms with Crippen LogP contribution in [0.2, 0.25) is 0 Å². The van der Waals surface area contributed by atoms with Crippen LogP contribution < -0.4 is 10.6 Å². The summed E-state index contributed by atoms with van der Waals surface area (Å²) in [6.45, 7) is 0.630. The molecule has 0 unspecified atom stereocenters. The van der Waals surface area contributed by atoms with Gasteiger partial charge in [0.1, 0.15) is 0 Å². The second-order valence-electron chi connectivity index (χ2n) is 6.51. The molecule has 2 amide bonds. The summed E-state index contributed by atoms with van der Waals surface area (Å²) in [5.74, 6) is -0.513. The van der Waals surface area contributed by atoms with Crippen molar-refractivity contribution in [3.05, 3.63) is 18.5 Å². The minimum atomic E-state index is -3.24. The topological polar surface area (TPSA) is 110 Å². The van der Waals surface area contributed by atoms with Gasteiger partial charge in [-0.1, -0.05) is 0 Å². The van der Waals surface area contributed by atoms with E-state index in [2.05, 4.69) is 15.7 Å². The van der Waals surface area contributed by atoms with E-state index in [4.69, 9.17) is 0 Å². The van der Waals surface area contributed by atoms with Crippen molar-refractivity contribution in [3.8, 4) is 0 Å². The summed E-state index contributed by atoms with van der Waals surface area (Å²) in [5.41, 5.74) is 0. The molecule has 9 heteroatoms. The van der Waals surface area contributed by atoms with Crippen LogP contribution in [-0.2, 0) is 26.0 Å². The summed E-state index contributed by atoms with van der Waals surface area (Å²) >= 11 is 0. The first kappa shape index (κ1) is 16.9. The number of carbonyl (C=O) groups excluding carboxylic acids is 2. The lowest BCUT2D eigenvalue weighted by molar-refractivity contribution is -0.124. The molecule has 1 aromatic heterocycles. The van der Waals surface area contributed by atoms with E-state index in [-0.39, 0.29) is 29.2 Å². The third kappa shape index (κ3) is 4.56. The lowest BCUT2D eigenvalue weighted by Gasteiger charge is -2.20. The van der Waals surface area contributed by atoms with Gasteiger partial charge in [-0.3, -0.25) is 14.3 Å². The number of rotatable bonds is 7. The van der Waals surface area contributed by atoms with Crippen LogP contribution in [0.5, 0.6) is 0 Å². The Morgan fingerprint density at radius 1 is 1.17 bits per heavy atom. The van der Waals surface area contributed by atoms with E-state index in [1.807, 2.05) is 12.3 Å². The van der Waals surface area contributed by atoms with Crippen molar-refractivity contribution in [3.63, 3.8) is 0 Å². The predicted molar refractivity (Wildman–Crippen MR) is 86.7 cm³/mol. The second kappa shape index (κ2) is 6.92. The van der Waals surface area contributed by atoms with E-state index in [9.17, 15) is 18.0 Å². The molecule has 24 heavy (non-hydrogen) atoms. The first-order chi connectivity index (χ1) is 11.4. The Morgan fingerprint density at radius 2 is 1.88 bits per heavy atom. The number of nitrogens with one attached hydrogen (secondary N) is 2. The first-order valence-electron chi connectivity index (χ1n) is 8.20. The maximum atomic E-state index is 12.1. The van der Waals surface area contributed by atoms with E-state index in [1.165, 1.54) is 0 Å². The lowest BCUT2D eigenvalue weighted by Crippen LogP contribution is -2.51. The van der Waals surface area contributed by atoms with E-state index in [0.29, 0.717) is 19.4 Å². The molecule has 0 radical (unpaired) electrons. The molecule has 2 N–H and O–H groups in total. The minimum Gasteiger partial charge on any atom is -0.350 e. The van der Waals surface area contributed by atoms with Crippen LogP contribution in [0.4, 0.5) is 0 Å². The Morgan fingerprint density at radius 3 is 2.50 bits per heavy atom. The van der Waals surface area contributed by atoms with Gasteiger partial charge in [-0.25, -0.2) is 8.42 Å². The molecule has 1 saturated heterocycles. The summed E-state index contributed by atoms with van der Waals surface area (Å²) in [4.78, 5) is 23.9. The van der Waals surface area contributed by atoms with Gasteiger partial charge >= 0.3 is 0 Å². The zero-order valence-electron chi connectivity index (χ0n) is 13.3. The summed E-state index contributed by atoms with van der Waals surface area (Å²) in [7, 11) is -3.24. The summed E-state index contributed by atoms with van der Waals surface area (Å²) in [6.07, 6.45) is 6.12. The van der Waals surface area contributed by atoms with Gasteiger partial charge in [0.25, 0.3) is 0 Å². The number of hydrogen-bond donors (Lipinski definition) is 2. The molecule has 2 atom stereocenters. The summed E-state index contributed by atoms with van der Waals surface area (Å²) < 4.78 is 25.5. The van der Waals surface area contributed by atoms with Crippen LogP contribution >= 0.6 is 0 Å². The minimum absolute atomic E-state index is 0.0127. The highest BCUT2D eigenvalue weighted by molar-refractivity contribution is 7.91. The van der Waals surface area contributed by atoms with Crippen LogP contribution in [0.1, 0.15) is 25.7 Å². The van der Waals surface area contributed by atoms with Gasteiger partial charge < -0.3 is 10.6 Å². The number of aryl methyl sites for hydroxylation is 1. The molecule has 0 spiro atoms. The smallest absolute Gasteiger partial charge is 0.223 e. The molecule has 2 heterocycles. The Hall–Kier alpha value is -1.90. The van der Waals surface area contributed by atoms with Gasteiger partial charge in [-0.15, -0.1) is 0 Å². The van der Waals surface area contributed by atoms with Crippen molar-refractivity contribution in [2.45, 2.75) is 44.3 Å². The molecule has 1 saturated carbocycles. The number of hydrogen-bond acceptors (Lipinski definition) is 5. The van der Waals surface area contributed by atoms with Gasteiger partial charge in [0.15, 0.2) is 9.84 Å². The largest absolute Gasteiger partial charge is 0.350 e. The summed E-state index contributed by atoms with van der Waals surface area (Å²) in [6, 6.07) is 0.740. The molecule has 3 rings (SSSR count). The highest BCUT2D eigenvalue weighted by Crippen LogP contribution is 2.29. The SMILES string of the molecule is O=C(CCCn1cccn1)N[C@@H]1CS(=O)(=O)C[C@H]1NC(=O)C1CC1. The molecular weight excluding hydrogens is 332 g/mol. The third-order valence-electron chi connectivity index (χ3n) is 4.33. The van der Waals surface area contributed by atoms with Crippen molar-refractivity contribution in [2.24, 2.45) is 5.92 Å². The standard InChI is InChI=1S/C15H22N4O4S/c20-14(3-1-7-19-8-2-6-16-19)17-12-9-24(22,23)10-13(12)18-15(21)11-4-5-11/h2,6,8,11-13H,1,3-5,7,9-10H2,(H,17,20)(H,18,21)/t12-,13-/m1/s1. The van der Waals surface area contributed by atoms with Crippen molar-refractivity contribution >= 4 is 21.7 Å². The van der Waals surface area contributed by atoms with Crippen molar-refractivity contribution < 1.29 is 18.0 Å². The number of aromatic nitrogens is 2. The van der Waals surface area contributed by atoms with Crippen molar-refractivity contribution in [2.75, 3.05) is 11.5 Å². The molecule has 0 bridgehead atoms. The van der Waals surface area contributed by atoms with E-state index >= 15 is 0 Å². The second-order valence-corrected chi connectivity index (χ2v) is 8.67. The highest BCUT2D eigenvalue weighted by Gasteiger charge is 2.41. The summed E-state index contributed by atoms with van der Waals surface area (Å²) in [5, 5.41) is 9.61. The number of amides is 2.